The first-order chi connectivity index (χ1) is 58.7. The molecule has 6 heterocycles. The standard InChI is InChI=1S/C24H24N2O4.C23H23N3O4.C23H22N2O4.C22H21N3O4.2C2H6/c1-16-5-9-20(10-6-16)30-21-11-7-19(8-12-21)15-23(27)26(24(28)29-4)22-13-14-25-18(3)17(22)2;1-15-5-10-21(25-14-15)30-19-8-6-18(7-9-19)13-22(27)26(23(28)29-4)20-11-12-24-17(3)16(20)2;1-16-17(2)24-14-13-21(16)25(23(27)28-3)22(26)15-18-9-11-20(12-10-18)29-19-7-5-4-6-8-19;1-15-16(2)23-13-11-19(15)25(22(27)28-3)21(26)14-17-7-9-18(10-8-17)29-20-6-4-5-12-24-20;2*1-2/h5-14H,15H2,1-4H3;5-12,14H,13H2,1-4H3;4-14H,15H2,1-3H3;4-13H,14H2,1-3H3;2*1-2H3. The highest BCUT2D eigenvalue weighted by Gasteiger charge is 2.31. The van der Waals surface area contributed by atoms with Crippen LogP contribution in [0.5, 0.6) is 46.3 Å². The van der Waals surface area contributed by atoms with Gasteiger partial charge in [0.2, 0.25) is 35.4 Å². The van der Waals surface area contributed by atoms with Crippen molar-refractivity contribution in [3.8, 4) is 46.3 Å². The zero-order valence-corrected chi connectivity index (χ0v) is 71.9. The van der Waals surface area contributed by atoms with Gasteiger partial charge in [0.25, 0.3) is 0 Å². The summed E-state index contributed by atoms with van der Waals surface area (Å²) in [4.78, 5) is 130. The maximum absolute atomic E-state index is 13.0. The van der Waals surface area contributed by atoms with E-state index in [1.807, 2.05) is 176 Å². The molecule has 0 radical (unpaired) electrons. The minimum atomic E-state index is -0.737. The molecule has 26 heteroatoms. The van der Waals surface area contributed by atoms with Gasteiger partial charge in [-0.1, -0.05) is 124 Å². The van der Waals surface area contributed by atoms with Crippen LogP contribution < -0.4 is 38.5 Å². The number of rotatable bonds is 20. The Kier molecular flexibility index (Phi) is 36.8. The van der Waals surface area contributed by atoms with Gasteiger partial charge in [0.15, 0.2) is 0 Å². The zero-order chi connectivity index (χ0) is 89.0. The van der Waals surface area contributed by atoms with Gasteiger partial charge in [0.1, 0.15) is 34.5 Å². The highest BCUT2D eigenvalue weighted by molar-refractivity contribution is 6.16. The average Bonchev–Trinajstić information content (AvgIpc) is 0.821. The van der Waals surface area contributed by atoms with Crippen LogP contribution in [0.25, 0.3) is 0 Å². The smallest absolute Gasteiger partial charge is 0.420 e. The lowest BCUT2D eigenvalue weighted by Gasteiger charge is -2.22. The van der Waals surface area contributed by atoms with Crippen LogP contribution in [0.3, 0.4) is 0 Å². The number of carbonyl (C=O) groups excluding carboxylic acids is 8. The summed E-state index contributed by atoms with van der Waals surface area (Å²) in [5.41, 5.74) is 13.0. The number of imide groups is 4. The molecule has 8 amide bonds. The predicted octanol–water partition coefficient (Wildman–Crippen LogP) is 20.8. The number of ether oxygens (including phenoxy) is 8. The van der Waals surface area contributed by atoms with Crippen LogP contribution in [0.15, 0.2) is 243 Å². The Balaban J connectivity index is 0.000000221. The fraction of sp³-hybridized carbons (Fsp3) is 0.229. The second-order valence-corrected chi connectivity index (χ2v) is 26.6. The van der Waals surface area contributed by atoms with E-state index in [4.69, 9.17) is 37.9 Å². The van der Waals surface area contributed by atoms with E-state index in [0.29, 0.717) is 57.5 Å². The summed E-state index contributed by atoms with van der Waals surface area (Å²) in [7, 11) is 5.00. The van der Waals surface area contributed by atoms with Crippen LogP contribution in [0.1, 0.15) is 106 Å². The molecule has 0 aliphatic heterocycles. The number of methoxy groups -OCH3 is 4. The van der Waals surface area contributed by atoms with Crippen molar-refractivity contribution in [3.63, 3.8) is 0 Å². The number of aryl methyl sites for hydroxylation is 6. The van der Waals surface area contributed by atoms with E-state index < -0.39 is 36.2 Å². The molecule has 6 aromatic carbocycles. The van der Waals surface area contributed by atoms with Crippen molar-refractivity contribution in [2.45, 2.75) is 123 Å². The third kappa shape index (κ3) is 27.1. The minimum Gasteiger partial charge on any atom is -0.457 e. The monoisotopic (exact) mass is 1650 g/mol. The Labute approximate surface area is 712 Å². The number of hydrogen-bond acceptors (Lipinski definition) is 22. The first kappa shape index (κ1) is 94.3. The van der Waals surface area contributed by atoms with Gasteiger partial charge in [0, 0.05) is 72.1 Å². The van der Waals surface area contributed by atoms with Crippen molar-refractivity contribution in [1.82, 2.24) is 29.9 Å². The molecular formula is C96H102N10O16. The Morgan fingerprint density at radius 3 is 0.770 bits per heavy atom. The molecule has 0 bridgehead atoms. The second-order valence-electron chi connectivity index (χ2n) is 26.6. The summed E-state index contributed by atoms with van der Waals surface area (Å²) >= 11 is 0. The van der Waals surface area contributed by atoms with Crippen molar-refractivity contribution in [2.24, 2.45) is 0 Å². The Morgan fingerprint density at radius 1 is 0.254 bits per heavy atom. The van der Waals surface area contributed by atoms with Crippen molar-refractivity contribution in [3.05, 3.63) is 322 Å². The third-order valence-electron chi connectivity index (χ3n) is 18.4. The molecule has 12 rings (SSSR count). The molecule has 6 aromatic heterocycles. The molecule has 0 atom stereocenters. The second kappa shape index (κ2) is 47.5. The van der Waals surface area contributed by atoms with E-state index >= 15 is 0 Å². The maximum Gasteiger partial charge on any atom is 0.420 e. The molecular weight excluding hydrogens is 1550 g/mol. The van der Waals surface area contributed by atoms with Gasteiger partial charge in [-0.05, 0) is 222 Å². The number of amides is 8. The molecule has 0 aliphatic rings. The van der Waals surface area contributed by atoms with Crippen LogP contribution in [-0.4, -0.2) is 106 Å². The quantitative estimate of drug-likeness (QED) is 0.0640. The minimum absolute atomic E-state index is 0.0268. The van der Waals surface area contributed by atoms with Gasteiger partial charge in [-0.2, -0.15) is 0 Å². The van der Waals surface area contributed by atoms with E-state index in [9.17, 15) is 38.4 Å². The van der Waals surface area contributed by atoms with Crippen molar-refractivity contribution < 1.29 is 76.3 Å². The van der Waals surface area contributed by atoms with Crippen molar-refractivity contribution >= 4 is 70.8 Å². The summed E-state index contributed by atoms with van der Waals surface area (Å²) in [5.74, 6) is 3.41. The zero-order valence-electron chi connectivity index (χ0n) is 71.9. The number of aromatic nitrogens is 6. The van der Waals surface area contributed by atoms with Gasteiger partial charge < -0.3 is 37.9 Å². The fourth-order valence-electron chi connectivity index (χ4n) is 11.4. The van der Waals surface area contributed by atoms with E-state index in [0.717, 1.165) is 110 Å². The van der Waals surface area contributed by atoms with Crippen molar-refractivity contribution in [1.29, 1.82) is 0 Å². The summed E-state index contributed by atoms with van der Waals surface area (Å²) in [6, 6.07) is 61.4. The molecule has 0 N–H and O–H groups in total. The summed E-state index contributed by atoms with van der Waals surface area (Å²) < 4.78 is 42.3. The van der Waals surface area contributed by atoms with E-state index in [1.54, 1.807) is 165 Å². The molecule has 26 nitrogen and oxygen atoms in total. The number of benzene rings is 6. The van der Waals surface area contributed by atoms with Crippen LogP contribution in [-0.2, 0) is 63.8 Å². The number of para-hydroxylation sites is 1. The number of hydrogen-bond donors (Lipinski definition) is 0. The third-order valence-corrected chi connectivity index (χ3v) is 18.4. The van der Waals surface area contributed by atoms with Crippen LogP contribution in [0.2, 0.25) is 0 Å². The summed E-state index contributed by atoms with van der Waals surface area (Å²) in [6.45, 7) is 26.5. The topological polar surface area (TPSA) is 301 Å². The van der Waals surface area contributed by atoms with Gasteiger partial charge >= 0.3 is 24.4 Å². The highest BCUT2D eigenvalue weighted by Crippen LogP contribution is 2.31. The average molecular weight is 1650 g/mol. The maximum atomic E-state index is 13.0. The van der Waals surface area contributed by atoms with Crippen LogP contribution >= 0.6 is 0 Å². The van der Waals surface area contributed by atoms with Crippen LogP contribution in [0.4, 0.5) is 41.9 Å². The van der Waals surface area contributed by atoms with Gasteiger partial charge in [0.05, 0.1) is 76.9 Å². The van der Waals surface area contributed by atoms with Gasteiger partial charge in [-0.15, -0.1) is 0 Å². The molecule has 0 saturated heterocycles. The molecule has 0 saturated carbocycles. The number of nitrogens with zero attached hydrogens (tertiary/aromatic N) is 10. The Bertz CT molecular complexity index is 5110. The first-order valence-electron chi connectivity index (χ1n) is 39.1. The normalized spacial score (nSPS) is 10.1. The highest BCUT2D eigenvalue weighted by atomic mass is 16.6. The fourth-order valence-corrected chi connectivity index (χ4v) is 11.4. The van der Waals surface area contributed by atoms with E-state index in [-0.39, 0.29) is 37.5 Å². The molecule has 0 aliphatic carbocycles. The van der Waals surface area contributed by atoms with Crippen LogP contribution in [0, 0.1) is 69.2 Å². The molecule has 0 spiro atoms. The Hall–Kier alpha value is -14.8. The molecule has 122 heavy (non-hydrogen) atoms. The number of carbonyl (C=O) groups is 8. The molecule has 0 unspecified atom stereocenters. The Morgan fingerprint density at radius 2 is 0.508 bits per heavy atom. The molecule has 0 fully saturated rings. The van der Waals surface area contributed by atoms with E-state index in [2.05, 4.69) is 29.9 Å². The lowest BCUT2D eigenvalue weighted by molar-refractivity contribution is -0.118. The SMILES string of the molecule is CC.CC.COC(=O)N(C(=O)Cc1ccc(Oc2ccc(C)cc2)cc1)c1ccnc(C)c1C.COC(=O)N(C(=O)Cc1ccc(Oc2ccc(C)cn2)cc1)c1ccnc(C)c1C.COC(=O)N(C(=O)Cc1ccc(Oc2ccccc2)cc1)c1ccnc(C)c1C.COC(=O)N(C(=O)Cc1ccc(Oc2ccccn2)cc1)c1ccnc(C)c1C. The largest absolute Gasteiger partial charge is 0.457 e. The lowest BCUT2D eigenvalue weighted by Crippen LogP contribution is -2.38. The van der Waals surface area contributed by atoms with E-state index in [1.165, 1.54) is 28.4 Å². The van der Waals surface area contributed by atoms with Crippen molar-refractivity contribution in [2.75, 3.05) is 48.0 Å². The number of anilines is 4. The molecule has 632 valence electrons. The molecule has 12 aromatic rings. The lowest BCUT2D eigenvalue weighted by atomic mass is 10.1. The predicted molar refractivity (Wildman–Crippen MR) is 469 cm³/mol. The van der Waals surface area contributed by atoms with Gasteiger partial charge in [-0.25, -0.2) is 48.7 Å². The summed E-state index contributed by atoms with van der Waals surface area (Å²) in [6.07, 6.45) is 6.84. The number of pyridine rings is 6. The van der Waals surface area contributed by atoms with Gasteiger partial charge in [-0.3, -0.25) is 39.1 Å². The first-order valence-corrected chi connectivity index (χ1v) is 39.1. The summed E-state index contributed by atoms with van der Waals surface area (Å²) in [5, 5.41) is 0.